The molecule has 4 aromatic rings. The number of hydrogen-bond donors (Lipinski definition) is 6. The Labute approximate surface area is 393 Å². The Morgan fingerprint density at radius 1 is 0.701 bits per heavy atom. The van der Waals surface area contributed by atoms with Crippen LogP contribution in [0.25, 0.3) is 0 Å². The van der Waals surface area contributed by atoms with Gasteiger partial charge in [-0.3, -0.25) is 33.7 Å². The number of piperidine rings is 1. The Morgan fingerprint density at radius 3 is 2.04 bits per heavy atom. The fraction of sp³-hybridized carbons (Fsp3) is 0.431. The molecule has 0 bridgehead atoms. The second-order valence-corrected chi connectivity index (χ2v) is 16.8. The van der Waals surface area contributed by atoms with E-state index in [9.17, 15) is 28.8 Å². The molecule has 16 heteroatoms. The van der Waals surface area contributed by atoms with Gasteiger partial charge < -0.3 is 41.3 Å². The van der Waals surface area contributed by atoms with Gasteiger partial charge in [-0.25, -0.2) is 4.98 Å². The highest BCUT2D eigenvalue weighted by Crippen LogP contribution is 2.25. The number of aryl methyl sites for hydroxylation is 2. The van der Waals surface area contributed by atoms with Crippen LogP contribution < -0.4 is 26.2 Å². The Balaban J connectivity index is 1.22. The number of pyridine rings is 1. The van der Waals surface area contributed by atoms with Crippen molar-refractivity contribution in [3.63, 3.8) is 0 Å². The second-order valence-electron chi connectivity index (χ2n) is 16.8. The second kappa shape index (κ2) is 26.5. The van der Waals surface area contributed by atoms with Gasteiger partial charge >= 0.3 is 5.97 Å². The summed E-state index contributed by atoms with van der Waals surface area (Å²) < 4.78 is 0. The van der Waals surface area contributed by atoms with E-state index < -0.39 is 11.9 Å². The van der Waals surface area contributed by atoms with E-state index in [1.54, 1.807) is 36.2 Å². The molecular weight excluding hydrogens is 853 g/mol. The molecule has 0 unspecified atom stereocenters. The third-order valence-electron chi connectivity index (χ3n) is 12.0. The molecule has 16 nitrogen and oxygen atoms in total. The van der Waals surface area contributed by atoms with Crippen LogP contribution in [-0.4, -0.2) is 119 Å². The highest BCUT2D eigenvalue weighted by atomic mass is 16.4. The molecule has 6 N–H and O–H groups in total. The smallest absolute Gasteiger partial charge is 0.303 e. The first kappa shape index (κ1) is 51.3. The Bertz CT molecular complexity index is 2280. The largest absolute Gasteiger partial charge is 0.481 e. The number of aliphatic hydroxyl groups excluding tert-OH is 1. The number of anilines is 3. The van der Waals surface area contributed by atoms with Crippen molar-refractivity contribution in [2.75, 3.05) is 68.5 Å². The summed E-state index contributed by atoms with van der Waals surface area (Å²) in [6.45, 7) is 7.67. The fourth-order valence-electron chi connectivity index (χ4n) is 8.00. The summed E-state index contributed by atoms with van der Waals surface area (Å²) in [6.07, 6.45) is 6.29. The molecular formula is C51H66N8O8. The molecule has 1 aliphatic heterocycles. The van der Waals surface area contributed by atoms with E-state index in [1.807, 2.05) is 60.7 Å². The third kappa shape index (κ3) is 16.3. The standard InChI is InChI=1S/C51H66N8O8/c1-4-42(5-2)59(32-31-57(3)46(62)24-25-47(63)64)35-38-10-9-11-40(34-38)50(66)55-43-22-23-44(58-29-7-6-8-30-58)56-48(43)51(67)54-41-20-16-37(17-21-41)13-12-36-14-18-39(19-15-36)49(65)53-27-26-45(61)52-28-33-60/h9-11,14-23,34,42,60H,4-8,12-13,24-33,35H2,1-3H3,(H,52,61)(H,53,65)(H,54,67)(H,55,66)(H,63,64). The number of carbonyl (C=O) groups is 6. The predicted molar refractivity (Wildman–Crippen MR) is 259 cm³/mol. The number of hydrogen-bond acceptors (Lipinski definition) is 10. The lowest BCUT2D eigenvalue weighted by atomic mass is 10.0. The van der Waals surface area contributed by atoms with E-state index in [0.29, 0.717) is 42.3 Å². The summed E-state index contributed by atoms with van der Waals surface area (Å²) in [5.41, 5.74) is 4.87. The van der Waals surface area contributed by atoms with Crippen molar-refractivity contribution >= 4 is 52.7 Å². The molecule has 3 aromatic carbocycles. The maximum atomic E-state index is 14.0. The van der Waals surface area contributed by atoms with Crippen molar-refractivity contribution in [1.29, 1.82) is 0 Å². The number of aliphatic carboxylic acids is 1. The van der Waals surface area contributed by atoms with Crippen LogP contribution in [0.3, 0.4) is 0 Å². The first-order chi connectivity index (χ1) is 32.4. The summed E-state index contributed by atoms with van der Waals surface area (Å²) >= 11 is 0. The average molecular weight is 919 g/mol. The number of nitrogens with zero attached hydrogens (tertiary/aromatic N) is 4. The number of aliphatic hydroxyl groups is 1. The van der Waals surface area contributed by atoms with Crippen molar-refractivity contribution in [2.45, 2.75) is 90.6 Å². The molecule has 0 radical (unpaired) electrons. The predicted octanol–water partition coefficient (Wildman–Crippen LogP) is 5.90. The zero-order chi connectivity index (χ0) is 48.1. The first-order valence-electron chi connectivity index (χ1n) is 23.4. The number of likely N-dealkylation sites (N-methyl/N-ethyl adjacent to an activating group) is 1. The minimum absolute atomic E-state index is 0.0495. The molecule has 1 aromatic heterocycles. The number of rotatable bonds is 25. The lowest BCUT2D eigenvalue weighted by Gasteiger charge is -2.32. The summed E-state index contributed by atoms with van der Waals surface area (Å²) in [5.74, 6) is -1.91. The van der Waals surface area contributed by atoms with Crippen LogP contribution in [-0.2, 0) is 33.8 Å². The van der Waals surface area contributed by atoms with Gasteiger partial charge in [0.1, 0.15) is 5.82 Å². The Hall–Kier alpha value is -6.65. The quantitative estimate of drug-likeness (QED) is 0.0460. The van der Waals surface area contributed by atoms with Crippen molar-refractivity contribution in [1.82, 2.24) is 25.4 Å². The highest BCUT2D eigenvalue weighted by molar-refractivity contribution is 6.11. The SMILES string of the molecule is CCC(CC)N(CCN(C)C(=O)CCC(=O)O)Cc1cccc(C(=O)Nc2ccc(N3CCCCC3)nc2C(=O)Nc2ccc(CCc3ccc(C(=O)NCCC(=O)NCCO)cc3)cc2)c1. The van der Waals surface area contributed by atoms with E-state index in [2.05, 4.69) is 44.9 Å². The van der Waals surface area contributed by atoms with Gasteiger partial charge in [-0.15, -0.1) is 0 Å². The molecule has 0 spiro atoms. The number of carboxylic acid groups (broad SMARTS) is 1. The molecule has 0 atom stereocenters. The van der Waals surface area contributed by atoms with E-state index in [4.69, 9.17) is 15.2 Å². The van der Waals surface area contributed by atoms with Gasteiger partial charge in [0, 0.05) is 88.6 Å². The molecule has 358 valence electrons. The number of nitrogens with one attached hydrogen (secondary N) is 4. The van der Waals surface area contributed by atoms with E-state index in [1.165, 1.54) is 0 Å². The molecule has 1 saturated heterocycles. The minimum Gasteiger partial charge on any atom is -0.481 e. The first-order valence-corrected chi connectivity index (χ1v) is 23.4. The maximum Gasteiger partial charge on any atom is 0.303 e. The lowest BCUT2D eigenvalue weighted by molar-refractivity contribution is -0.140. The van der Waals surface area contributed by atoms with Crippen molar-refractivity contribution in [2.24, 2.45) is 0 Å². The molecule has 67 heavy (non-hydrogen) atoms. The van der Waals surface area contributed by atoms with Crippen molar-refractivity contribution < 1.29 is 39.0 Å². The zero-order valence-corrected chi connectivity index (χ0v) is 39.0. The van der Waals surface area contributed by atoms with Crippen LogP contribution >= 0.6 is 0 Å². The Morgan fingerprint density at radius 2 is 1.39 bits per heavy atom. The van der Waals surface area contributed by atoms with Gasteiger partial charge in [0.25, 0.3) is 17.7 Å². The van der Waals surface area contributed by atoms with Gasteiger partial charge in [0.2, 0.25) is 11.8 Å². The van der Waals surface area contributed by atoms with Crippen molar-refractivity contribution in [3.8, 4) is 0 Å². The molecule has 0 saturated carbocycles. The monoisotopic (exact) mass is 919 g/mol. The molecule has 1 fully saturated rings. The van der Waals surface area contributed by atoms with Gasteiger partial charge in [-0.1, -0.05) is 50.2 Å². The van der Waals surface area contributed by atoms with Gasteiger partial charge in [0.15, 0.2) is 5.69 Å². The van der Waals surface area contributed by atoms with Gasteiger partial charge in [0.05, 0.1) is 18.7 Å². The van der Waals surface area contributed by atoms with Crippen LogP contribution in [0.2, 0.25) is 0 Å². The van der Waals surface area contributed by atoms with Crippen LogP contribution in [0.1, 0.15) is 113 Å². The van der Waals surface area contributed by atoms with Crippen LogP contribution in [0, 0.1) is 0 Å². The average Bonchev–Trinajstić information content (AvgIpc) is 3.34. The lowest BCUT2D eigenvalue weighted by Crippen LogP contribution is -2.41. The normalized spacial score (nSPS) is 12.4. The van der Waals surface area contributed by atoms with E-state index in [-0.39, 0.29) is 80.0 Å². The van der Waals surface area contributed by atoms with Crippen LogP contribution in [0.5, 0.6) is 0 Å². The molecule has 0 aliphatic carbocycles. The van der Waals surface area contributed by atoms with Gasteiger partial charge in [-0.05, 0) is 110 Å². The molecule has 5 amide bonds. The molecule has 1 aliphatic rings. The van der Waals surface area contributed by atoms with E-state index in [0.717, 1.165) is 74.7 Å². The minimum atomic E-state index is -1.00. The summed E-state index contributed by atoms with van der Waals surface area (Å²) in [7, 11) is 1.69. The maximum absolute atomic E-state index is 14.0. The molecule has 2 heterocycles. The number of benzene rings is 3. The summed E-state index contributed by atoms with van der Waals surface area (Å²) in [5, 5.41) is 29.1. The number of carbonyl (C=O) groups excluding carboxylic acids is 5. The number of aromatic nitrogens is 1. The third-order valence-corrected chi connectivity index (χ3v) is 12.0. The van der Waals surface area contributed by atoms with Crippen LogP contribution in [0.4, 0.5) is 17.2 Å². The summed E-state index contributed by atoms with van der Waals surface area (Å²) in [4.78, 5) is 86.6. The fourth-order valence-corrected chi connectivity index (χ4v) is 8.00. The highest BCUT2D eigenvalue weighted by Gasteiger charge is 2.22. The summed E-state index contributed by atoms with van der Waals surface area (Å²) in [6, 6.07) is 26.1. The van der Waals surface area contributed by atoms with Crippen molar-refractivity contribution in [3.05, 3.63) is 118 Å². The molecule has 5 rings (SSSR count). The van der Waals surface area contributed by atoms with Crippen LogP contribution in [0.15, 0.2) is 84.9 Å². The van der Waals surface area contributed by atoms with E-state index >= 15 is 0 Å². The van der Waals surface area contributed by atoms with Gasteiger partial charge in [-0.2, -0.15) is 0 Å². The number of amides is 5. The number of carboxylic acids is 1. The topological polar surface area (TPSA) is 214 Å². The Kier molecular flexibility index (Phi) is 20.3. The zero-order valence-electron chi connectivity index (χ0n) is 39.0.